The number of imidazole rings is 1. The van der Waals surface area contributed by atoms with Crippen molar-refractivity contribution < 1.29 is 4.92 Å². The van der Waals surface area contributed by atoms with E-state index in [2.05, 4.69) is 35.0 Å². The SMILES string of the molecule is Cc1ccccc1[C@H]1CCN(c2c([N+](=O)[O-])ncn2C)C1. The number of rotatable bonds is 3. The van der Waals surface area contributed by atoms with E-state index in [-0.39, 0.29) is 5.82 Å². The van der Waals surface area contributed by atoms with Gasteiger partial charge in [-0.1, -0.05) is 24.3 Å². The topological polar surface area (TPSA) is 64.2 Å². The van der Waals surface area contributed by atoms with Gasteiger partial charge in [0.1, 0.15) is 0 Å². The van der Waals surface area contributed by atoms with Crippen LogP contribution in [0.2, 0.25) is 0 Å². The maximum absolute atomic E-state index is 11.1. The number of nitrogens with zero attached hydrogens (tertiary/aromatic N) is 4. The highest BCUT2D eigenvalue weighted by Crippen LogP contribution is 2.35. The average Bonchev–Trinajstić information content (AvgIpc) is 3.05. The Kier molecular flexibility index (Phi) is 3.37. The highest BCUT2D eigenvalue weighted by molar-refractivity contribution is 5.56. The van der Waals surface area contributed by atoms with Crippen molar-refractivity contribution in [3.63, 3.8) is 0 Å². The first kappa shape index (κ1) is 13.6. The third-order valence-electron chi connectivity index (χ3n) is 4.18. The van der Waals surface area contributed by atoms with Crippen LogP contribution in [0.5, 0.6) is 0 Å². The van der Waals surface area contributed by atoms with Gasteiger partial charge >= 0.3 is 5.82 Å². The normalized spacial score (nSPS) is 18.2. The van der Waals surface area contributed by atoms with E-state index in [9.17, 15) is 10.1 Å². The molecule has 1 aliphatic rings. The Morgan fingerprint density at radius 2 is 2.14 bits per heavy atom. The summed E-state index contributed by atoms with van der Waals surface area (Å²) in [6.07, 6.45) is 2.52. The zero-order valence-corrected chi connectivity index (χ0v) is 12.2. The fraction of sp³-hybridized carbons (Fsp3) is 0.400. The third kappa shape index (κ3) is 2.37. The van der Waals surface area contributed by atoms with Crippen LogP contribution in [-0.2, 0) is 7.05 Å². The van der Waals surface area contributed by atoms with Crippen LogP contribution in [0.3, 0.4) is 0 Å². The highest BCUT2D eigenvalue weighted by atomic mass is 16.6. The summed E-state index contributed by atoms with van der Waals surface area (Å²) >= 11 is 0. The number of aromatic nitrogens is 2. The zero-order valence-electron chi connectivity index (χ0n) is 12.2. The van der Waals surface area contributed by atoms with E-state index in [1.54, 1.807) is 11.6 Å². The van der Waals surface area contributed by atoms with Gasteiger partial charge < -0.3 is 15.0 Å². The van der Waals surface area contributed by atoms with Crippen LogP contribution in [0, 0.1) is 17.0 Å². The molecule has 110 valence electrons. The second kappa shape index (κ2) is 5.20. The number of anilines is 1. The summed E-state index contributed by atoms with van der Waals surface area (Å²) in [7, 11) is 1.80. The molecule has 6 nitrogen and oxygen atoms in total. The molecule has 1 aromatic carbocycles. The molecule has 0 spiro atoms. The maximum atomic E-state index is 11.1. The molecule has 0 aliphatic carbocycles. The minimum absolute atomic E-state index is 0.0528. The number of hydrogen-bond acceptors (Lipinski definition) is 4. The van der Waals surface area contributed by atoms with Gasteiger partial charge in [-0.15, -0.1) is 0 Å². The van der Waals surface area contributed by atoms with Crippen LogP contribution in [0.25, 0.3) is 0 Å². The summed E-state index contributed by atoms with van der Waals surface area (Å²) in [5.41, 5.74) is 2.62. The quantitative estimate of drug-likeness (QED) is 0.642. The second-order valence-corrected chi connectivity index (χ2v) is 5.55. The van der Waals surface area contributed by atoms with E-state index >= 15 is 0 Å². The van der Waals surface area contributed by atoms with Gasteiger partial charge in [-0.3, -0.25) is 4.57 Å². The summed E-state index contributed by atoms with van der Waals surface area (Å²) in [5.74, 6) is 0.972. The summed E-state index contributed by atoms with van der Waals surface area (Å²) in [5, 5.41) is 11.1. The Balaban J connectivity index is 1.87. The monoisotopic (exact) mass is 286 g/mol. The molecule has 1 aliphatic heterocycles. The van der Waals surface area contributed by atoms with Crippen LogP contribution in [0.15, 0.2) is 30.6 Å². The molecule has 21 heavy (non-hydrogen) atoms. The molecular formula is C15H18N4O2. The Bertz CT molecular complexity index is 680. The molecule has 1 fully saturated rings. The highest BCUT2D eigenvalue weighted by Gasteiger charge is 2.32. The van der Waals surface area contributed by atoms with Crippen molar-refractivity contribution in [3.05, 3.63) is 51.8 Å². The predicted octanol–water partition coefficient (Wildman–Crippen LogP) is 2.63. The lowest BCUT2D eigenvalue weighted by molar-refractivity contribution is -0.388. The van der Waals surface area contributed by atoms with Crippen molar-refractivity contribution in [2.75, 3.05) is 18.0 Å². The molecule has 6 heteroatoms. The Morgan fingerprint density at radius 1 is 1.38 bits per heavy atom. The molecule has 0 bridgehead atoms. The molecular weight excluding hydrogens is 268 g/mol. The maximum Gasteiger partial charge on any atom is 0.406 e. The standard InChI is InChI=1S/C15H18N4O2/c1-11-5-3-4-6-13(11)12-7-8-18(9-12)15-14(19(20)21)16-10-17(15)2/h3-6,10,12H,7-9H2,1-2H3/t12-/m0/s1. The largest absolute Gasteiger partial charge is 0.406 e. The zero-order chi connectivity index (χ0) is 15.0. The molecule has 0 radical (unpaired) electrons. The fourth-order valence-electron chi connectivity index (χ4n) is 3.16. The van der Waals surface area contributed by atoms with Crippen LogP contribution in [0.1, 0.15) is 23.5 Å². The smallest absolute Gasteiger partial charge is 0.358 e. The molecule has 2 aromatic rings. The lowest BCUT2D eigenvalue weighted by Crippen LogP contribution is -2.22. The summed E-state index contributed by atoms with van der Waals surface area (Å²) in [6.45, 7) is 3.73. The van der Waals surface area contributed by atoms with Crippen LogP contribution in [0.4, 0.5) is 11.6 Å². The molecule has 1 aromatic heterocycles. The Labute approximate surface area is 123 Å². The van der Waals surface area contributed by atoms with E-state index in [0.29, 0.717) is 11.7 Å². The number of aryl methyl sites for hydroxylation is 2. The van der Waals surface area contributed by atoms with E-state index in [0.717, 1.165) is 19.5 Å². The van der Waals surface area contributed by atoms with Crippen LogP contribution < -0.4 is 4.90 Å². The van der Waals surface area contributed by atoms with Crippen molar-refractivity contribution in [1.29, 1.82) is 0 Å². The van der Waals surface area contributed by atoms with E-state index in [4.69, 9.17) is 0 Å². The van der Waals surface area contributed by atoms with Crippen molar-refractivity contribution in [2.45, 2.75) is 19.3 Å². The van der Waals surface area contributed by atoms with Gasteiger partial charge in [-0.25, -0.2) is 0 Å². The fourth-order valence-corrected chi connectivity index (χ4v) is 3.16. The van der Waals surface area contributed by atoms with Gasteiger partial charge in [0.05, 0.1) is 0 Å². The molecule has 3 rings (SSSR count). The third-order valence-corrected chi connectivity index (χ3v) is 4.18. The van der Waals surface area contributed by atoms with Gasteiger partial charge in [0.25, 0.3) is 0 Å². The Morgan fingerprint density at radius 3 is 2.86 bits per heavy atom. The molecule has 1 atom stereocenters. The first-order valence-corrected chi connectivity index (χ1v) is 7.04. The molecule has 2 heterocycles. The average molecular weight is 286 g/mol. The van der Waals surface area contributed by atoms with E-state index in [1.807, 2.05) is 6.07 Å². The number of benzene rings is 1. The molecule has 1 saturated heterocycles. The van der Waals surface area contributed by atoms with Crippen LogP contribution in [-0.4, -0.2) is 27.6 Å². The van der Waals surface area contributed by atoms with Gasteiger partial charge in [0.2, 0.25) is 12.1 Å². The van der Waals surface area contributed by atoms with E-state index in [1.165, 1.54) is 17.5 Å². The Hall–Kier alpha value is -2.37. The first-order valence-electron chi connectivity index (χ1n) is 7.04. The number of nitro groups is 1. The molecule has 0 unspecified atom stereocenters. The minimum Gasteiger partial charge on any atom is -0.358 e. The first-order chi connectivity index (χ1) is 10.1. The van der Waals surface area contributed by atoms with Crippen molar-refractivity contribution in [3.8, 4) is 0 Å². The minimum atomic E-state index is -0.406. The molecule has 0 amide bonds. The second-order valence-electron chi connectivity index (χ2n) is 5.55. The lowest BCUT2D eigenvalue weighted by atomic mass is 9.94. The molecule has 0 saturated carbocycles. The van der Waals surface area contributed by atoms with E-state index < -0.39 is 4.92 Å². The van der Waals surface area contributed by atoms with Crippen molar-refractivity contribution in [2.24, 2.45) is 7.05 Å². The van der Waals surface area contributed by atoms with Crippen molar-refractivity contribution in [1.82, 2.24) is 9.55 Å². The summed E-state index contributed by atoms with van der Waals surface area (Å²) in [4.78, 5) is 16.7. The van der Waals surface area contributed by atoms with Gasteiger partial charge in [-0.05, 0) is 34.4 Å². The number of hydrogen-bond donors (Lipinski definition) is 0. The summed E-state index contributed by atoms with van der Waals surface area (Å²) < 4.78 is 1.73. The lowest BCUT2D eigenvalue weighted by Gasteiger charge is -2.18. The summed E-state index contributed by atoms with van der Waals surface area (Å²) in [6, 6.07) is 8.36. The van der Waals surface area contributed by atoms with Crippen LogP contribution >= 0.6 is 0 Å². The molecule has 0 N–H and O–H groups in total. The van der Waals surface area contributed by atoms with Crippen molar-refractivity contribution >= 4 is 11.6 Å². The predicted molar refractivity (Wildman–Crippen MR) is 80.6 cm³/mol. The van der Waals surface area contributed by atoms with Gasteiger partial charge in [0.15, 0.2) is 0 Å². The van der Waals surface area contributed by atoms with Gasteiger partial charge in [-0.2, -0.15) is 0 Å². The van der Waals surface area contributed by atoms with Gasteiger partial charge in [0, 0.05) is 26.1 Å².